The Morgan fingerprint density at radius 3 is 3.00 bits per heavy atom. The molecule has 2 N–H and O–H groups in total. The minimum atomic E-state index is 0.713. The smallest absolute Gasteiger partial charge is 0.191 e. The summed E-state index contributed by atoms with van der Waals surface area (Å²) in [7, 11) is 1.82. The van der Waals surface area contributed by atoms with Crippen LogP contribution >= 0.6 is 0 Å². The van der Waals surface area contributed by atoms with Crippen molar-refractivity contribution in [1.82, 2.24) is 25.2 Å². The Balaban J connectivity index is 1.45. The first-order valence-electron chi connectivity index (χ1n) is 9.62. The van der Waals surface area contributed by atoms with Gasteiger partial charge in [-0.2, -0.15) is 0 Å². The molecule has 0 saturated heterocycles. The van der Waals surface area contributed by atoms with Gasteiger partial charge in [-0.1, -0.05) is 26.2 Å². The lowest BCUT2D eigenvalue weighted by atomic mass is 9.81. The summed E-state index contributed by atoms with van der Waals surface area (Å²) in [5.41, 5.74) is 1.16. The number of aromatic nitrogens is 3. The van der Waals surface area contributed by atoms with Gasteiger partial charge in [-0.3, -0.25) is 9.56 Å². The highest BCUT2D eigenvalue weighted by Gasteiger charge is 2.18. The van der Waals surface area contributed by atoms with Crippen molar-refractivity contribution in [1.29, 1.82) is 0 Å². The maximum atomic E-state index is 4.39. The predicted octanol–water partition coefficient (Wildman–Crippen LogP) is 3.15. The molecule has 6 heteroatoms. The highest BCUT2D eigenvalue weighted by molar-refractivity contribution is 5.79. The lowest BCUT2D eigenvalue weighted by molar-refractivity contribution is 0.270. The largest absolute Gasteiger partial charge is 0.356 e. The van der Waals surface area contributed by atoms with Crippen molar-refractivity contribution >= 4 is 5.96 Å². The normalized spacial score (nSPS) is 20.8. The maximum Gasteiger partial charge on any atom is 0.191 e. The highest BCUT2D eigenvalue weighted by atomic mass is 15.2. The van der Waals surface area contributed by atoms with Crippen molar-refractivity contribution < 1.29 is 0 Å². The Bertz CT molecular complexity index is 694. The monoisotopic (exact) mass is 354 g/mol. The van der Waals surface area contributed by atoms with Crippen LogP contribution in [0.4, 0.5) is 0 Å². The third-order valence-electron chi connectivity index (χ3n) is 5.15. The molecule has 0 aromatic carbocycles. The van der Waals surface area contributed by atoms with Gasteiger partial charge in [-0.05, 0) is 42.4 Å². The molecular formula is C20H30N6. The number of aliphatic imine (C=N–C) groups is 1. The van der Waals surface area contributed by atoms with Gasteiger partial charge < -0.3 is 10.6 Å². The quantitative estimate of drug-likeness (QED) is 0.618. The van der Waals surface area contributed by atoms with E-state index in [1.54, 1.807) is 12.5 Å². The van der Waals surface area contributed by atoms with E-state index >= 15 is 0 Å². The van der Waals surface area contributed by atoms with Gasteiger partial charge in [0.2, 0.25) is 0 Å². The highest BCUT2D eigenvalue weighted by Crippen LogP contribution is 2.30. The Hall–Kier alpha value is -2.37. The first kappa shape index (κ1) is 18.4. The van der Waals surface area contributed by atoms with E-state index in [4.69, 9.17) is 0 Å². The number of nitrogens with one attached hydrogen (secondary N) is 2. The van der Waals surface area contributed by atoms with E-state index in [9.17, 15) is 0 Å². The molecule has 2 heterocycles. The zero-order valence-corrected chi connectivity index (χ0v) is 15.9. The van der Waals surface area contributed by atoms with Crippen molar-refractivity contribution in [3.63, 3.8) is 0 Å². The van der Waals surface area contributed by atoms with E-state index in [0.29, 0.717) is 6.54 Å². The molecule has 0 aliphatic heterocycles. The fraction of sp³-hybridized carbons (Fsp3) is 0.550. The summed E-state index contributed by atoms with van der Waals surface area (Å²) in [5, 5.41) is 6.84. The van der Waals surface area contributed by atoms with Crippen molar-refractivity contribution in [2.45, 2.75) is 45.6 Å². The molecule has 140 valence electrons. The van der Waals surface area contributed by atoms with Crippen LogP contribution in [0.1, 0.15) is 44.6 Å². The van der Waals surface area contributed by atoms with Crippen LogP contribution in [-0.2, 0) is 6.54 Å². The Morgan fingerprint density at radius 1 is 1.31 bits per heavy atom. The number of hydrogen-bond acceptors (Lipinski definition) is 3. The Morgan fingerprint density at radius 2 is 2.23 bits per heavy atom. The summed E-state index contributed by atoms with van der Waals surface area (Å²) >= 11 is 0. The van der Waals surface area contributed by atoms with Crippen LogP contribution in [0.15, 0.2) is 42.0 Å². The number of imidazole rings is 1. The van der Waals surface area contributed by atoms with Crippen LogP contribution in [0, 0.1) is 11.8 Å². The minimum Gasteiger partial charge on any atom is -0.356 e. The molecule has 0 amide bonds. The second kappa shape index (κ2) is 9.36. The summed E-state index contributed by atoms with van der Waals surface area (Å²) in [6.45, 7) is 4.07. The molecule has 6 nitrogen and oxygen atoms in total. The average molecular weight is 355 g/mol. The summed E-state index contributed by atoms with van der Waals surface area (Å²) in [6, 6.07) is 4.08. The molecule has 2 aromatic heterocycles. The van der Waals surface area contributed by atoms with Crippen LogP contribution in [0.5, 0.6) is 0 Å². The third-order valence-corrected chi connectivity index (χ3v) is 5.15. The summed E-state index contributed by atoms with van der Waals surface area (Å²) in [4.78, 5) is 12.8. The third kappa shape index (κ3) is 5.31. The fourth-order valence-corrected chi connectivity index (χ4v) is 3.73. The van der Waals surface area contributed by atoms with E-state index in [1.807, 2.05) is 30.1 Å². The molecule has 2 unspecified atom stereocenters. The fourth-order valence-electron chi connectivity index (χ4n) is 3.73. The van der Waals surface area contributed by atoms with Gasteiger partial charge in [0.25, 0.3) is 0 Å². The summed E-state index contributed by atoms with van der Waals surface area (Å²) in [6.07, 6.45) is 14.0. The molecule has 0 radical (unpaired) electrons. The molecule has 3 rings (SSSR count). The lowest BCUT2D eigenvalue weighted by Crippen LogP contribution is -2.38. The topological polar surface area (TPSA) is 67.1 Å². The predicted molar refractivity (Wildman–Crippen MR) is 105 cm³/mol. The molecule has 0 bridgehead atoms. The van der Waals surface area contributed by atoms with Crippen molar-refractivity contribution in [3.05, 3.63) is 42.6 Å². The van der Waals surface area contributed by atoms with E-state index in [1.165, 1.54) is 32.1 Å². The van der Waals surface area contributed by atoms with Gasteiger partial charge in [0.15, 0.2) is 5.96 Å². The molecule has 1 fully saturated rings. The van der Waals surface area contributed by atoms with Crippen LogP contribution in [-0.4, -0.2) is 34.1 Å². The zero-order valence-electron chi connectivity index (χ0n) is 15.9. The van der Waals surface area contributed by atoms with Crippen LogP contribution in [0.3, 0.4) is 0 Å². The number of hydrogen-bond donors (Lipinski definition) is 2. The molecule has 1 aliphatic rings. The van der Waals surface area contributed by atoms with Crippen molar-refractivity contribution in [3.8, 4) is 5.82 Å². The number of nitrogens with zero attached hydrogens (tertiary/aromatic N) is 4. The Kier molecular flexibility index (Phi) is 6.63. The molecule has 0 spiro atoms. The number of guanidine groups is 1. The van der Waals surface area contributed by atoms with Crippen LogP contribution in [0.25, 0.3) is 5.82 Å². The summed E-state index contributed by atoms with van der Waals surface area (Å²) in [5.74, 6) is 3.48. The van der Waals surface area contributed by atoms with Gasteiger partial charge in [-0.25, -0.2) is 9.97 Å². The van der Waals surface area contributed by atoms with Crippen LogP contribution < -0.4 is 10.6 Å². The first-order chi connectivity index (χ1) is 12.7. The van der Waals surface area contributed by atoms with Gasteiger partial charge in [0, 0.05) is 38.7 Å². The second-order valence-corrected chi connectivity index (χ2v) is 7.27. The summed E-state index contributed by atoms with van der Waals surface area (Å²) < 4.78 is 1.90. The minimum absolute atomic E-state index is 0.713. The SMILES string of the molecule is CN=C(NCCC1CCCC(C)C1)NCc1ccnc(-n2ccnc2)c1. The van der Waals surface area contributed by atoms with Gasteiger partial charge in [0.05, 0.1) is 0 Å². The number of rotatable bonds is 6. The first-order valence-corrected chi connectivity index (χ1v) is 9.62. The molecule has 2 aromatic rings. The van der Waals surface area contributed by atoms with Crippen LogP contribution in [0.2, 0.25) is 0 Å². The number of pyridine rings is 1. The van der Waals surface area contributed by atoms with Crippen molar-refractivity contribution in [2.75, 3.05) is 13.6 Å². The van der Waals surface area contributed by atoms with E-state index in [0.717, 1.165) is 35.7 Å². The average Bonchev–Trinajstić information content (AvgIpc) is 3.20. The lowest BCUT2D eigenvalue weighted by Gasteiger charge is -2.26. The van der Waals surface area contributed by atoms with Gasteiger partial charge >= 0.3 is 0 Å². The van der Waals surface area contributed by atoms with Crippen molar-refractivity contribution in [2.24, 2.45) is 16.8 Å². The molecular weight excluding hydrogens is 324 g/mol. The van der Waals surface area contributed by atoms with E-state index in [2.05, 4.69) is 38.6 Å². The maximum absolute atomic E-state index is 4.39. The van der Waals surface area contributed by atoms with E-state index in [-0.39, 0.29) is 0 Å². The zero-order chi connectivity index (χ0) is 18.2. The molecule has 1 aliphatic carbocycles. The van der Waals surface area contributed by atoms with Gasteiger partial charge in [-0.15, -0.1) is 0 Å². The Labute approximate surface area is 156 Å². The molecule has 2 atom stereocenters. The van der Waals surface area contributed by atoms with Gasteiger partial charge in [0.1, 0.15) is 12.1 Å². The molecule has 26 heavy (non-hydrogen) atoms. The second-order valence-electron chi connectivity index (χ2n) is 7.27. The standard InChI is InChI=1S/C20H30N6/c1-16-4-3-5-17(12-16)6-9-24-20(21-2)25-14-18-7-8-23-19(13-18)26-11-10-22-15-26/h7-8,10-11,13,15-17H,3-6,9,12,14H2,1-2H3,(H2,21,24,25). The molecule has 1 saturated carbocycles. The van der Waals surface area contributed by atoms with E-state index < -0.39 is 0 Å².